The lowest BCUT2D eigenvalue weighted by Gasteiger charge is -2.24. The van der Waals surface area contributed by atoms with E-state index in [9.17, 15) is 13.5 Å². The first kappa shape index (κ1) is 21.2. The van der Waals surface area contributed by atoms with E-state index < -0.39 is 15.6 Å². The highest BCUT2D eigenvalue weighted by molar-refractivity contribution is 7.89. The molecule has 2 aromatic rings. The van der Waals surface area contributed by atoms with Crippen LogP contribution < -0.4 is 14.2 Å². The summed E-state index contributed by atoms with van der Waals surface area (Å²) in [4.78, 5) is 0.0633. The summed E-state index contributed by atoms with van der Waals surface area (Å²) < 4.78 is 38.3. The van der Waals surface area contributed by atoms with E-state index in [0.717, 1.165) is 22.4 Å². The number of aliphatic hydroxyl groups is 1. The Labute approximate surface area is 161 Å². The third kappa shape index (κ3) is 5.45. The smallest absolute Gasteiger partial charge is 0.244 e. The molecule has 0 amide bonds. The van der Waals surface area contributed by atoms with Crippen molar-refractivity contribution in [3.05, 3.63) is 53.1 Å². The van der Waals surface area contributed by atoms with Gasteiger partial charge in [-0.3, -0.25) is 0 Å². The predicted octanol–water partition coefficient (Wildman–Crippen LogP) is 2.59. The van der Waals surface area contributed by atoms with Gasteiger partial charge < -0.3 is 14.6 Å². The van der Waals surface area contributed by atoms with Crippen LogP contribution in [0.15, 0.2) is 41.3 Å². The fraction of sp³-hybridized carbons (Fsp3) is 0.400. The molecule has 0 spiro atoms. The van der Waals surface area contributed by atoms with Crippen molar-refractivity contribution in [2.24, 2.45) is 0 Å². The zero-order valence-electron chi connectivity index (χ0n) is 16.4. The van der Waals surface area contributed by atoms with E-state index in [1.165, 1.54) is 7.11 Å². The summed E-state index contributed by atoms with van der Waals surface area (Å²) in [6, 6.07) is 10.6. The summed E-state index contributed by atoms with van der Waals surface area (Å²) in [6.07, 6.45) is 0.295. The lowest BCUT2D eigenvalue weighted by molar-refractivity contribution is 0.0657. The van der Waals surface area contributed by atoms with E-state index >= 15 is 0 Å². The largest absolute Gasteiger partial charge is 0.497 e. The Kier molecular flexibility index (Phi) is 6.51. The van der Waals surface area contributed by atoms with Gasteiger partial charge in [0.1, 0.15) is 16.4 Å². The molecule has 1 atom stereocenters. The Bertz CT molecular complexity index is 889. The molecule has 0 aliphatic heterocycles. The first-order chi connectivity index (χ1) is 12.6. The Hall–Kier alpha value is -2.09. The number of benzene rings is 2. The van der Waals surface area contributed by atoms with Crippen molar-refractivity contribution in [2.45, 2.75) is 37.7 Å². The van der Waals surface area contributed by atoms with Gasteiger partial charge in [-0.2, -0.15) is 0 Å². The van der Waals surface area contributed by atoms with Gasteiger partial charge in [-0.25, -0.2) is 13.1 Å². The molecule has 148 valence electrons. The van der Waals surface area contributed by atoms with Crippen molar-refractivity contribution >= 4 is 10.0 Å². The van der Waals surface area contributed by atoms with Crippen LogP contribution in [0.3, 0.4) is 0 Å². The molecule has 0 aliphatic carbocycles. The number of ether oxygens (including phenoxy) is 2. The molecular formula is C20H27NO5S. The van der Waals surface area contributed by atoms with Crippen LogP contribution in [0.1, 0.15) is 23.6 Å². The second kappa shape index (κ2) is 8.29. The highest BCUT2D eigenvalue weighted by Gasteiger charge is 2.27. The number of methoxy groups -OCH3 is 2. The SMILES string of the molecule is COc1ccc(CC(C)(O)CNS(=O)(=O)c2cc(C)c(C)cc2OC)cc1. The summed E-state index contributed by atoms with van der Waals surface area (Å²) in [6.45, 7) is 5.20. The average molecular weight is 394 g/mol. The van der Waals surface area contributed by atoms with Crippen LogP contribution in [0.5, 0.6) is 11.5 Å². The van der Waals surface area contributed by atoms with Gasteiger partial charge >= 0.3 is 0 Å². The van der Waals surface area contributed by atoms with Crippen LogP contribution in [-0.2, 0) is 16.4 Å². The molecule has 0 fully saturated rings. The maximum absolute atomic E-state index is 12.7. The van der Waals surface area contributed by atoms with E-state index in [0.29, 0.717) is 6.42 Å². The van der Waals surface area contributed by atoms with Gasteiger partial charge in [0, 0.05) is 13.0 Å². The molecule has 0 aliphatic rings. The van der Waals surface area contributed by atoms with Crippen LogP contribution >= 0.6 is 0 Å². The quantitative estimate of drug-likeness (QED) is 0.720. The normalized spacial score (nSPS) is 13.9. The molecule has 0 saturated heterocycles. The third-order valence-electron chi connectivity index (χ3n) is 4.46. The first-order valence-corrected chi connectivity index (χ1v) is 10.1. The molecule has 0 radical (unpaired) electrons. The van der Waals surface area contributed by atoms with Crippen molar-refractivity contribution < 1.29 is 23.0 Å². The Morgan fingerprint density at radius 3 is 2.19 bits per heavy atom. The molecule has 0 saturated carbocycles. The minimum absolute atomic E-state index is 0.0633. The van der Waals surface area contributed by atoms with E-state index in [2.05, 4.69) is 4.72 Å². The fourth-order valence-corrected chi connectivity index (χ4v) is 4.10. The average Bonchev–Trinajstić information content (AvgIpc) is 2.62. The second-order valence-corrected chi connectivity index (χ2v) is 8.67. The van der Waals surface area contributed by atoms with Crippen LogP contribution in [0.2, 0.25) is 0 Å². The Morgan fingerprint density at radius 1 is 1.04 bits per heavy atom. The Balaban J connectivity index is 2.14. The number of hydrogen-bond donors (Lipinski definition) is 2. The van der Waals surface area contributed by atoms with Gasteiger partial charge in [0.15, 0.2) is 0 Å². The molecule has 7 heteroatoms. The zero-order chi connectivity index (χ0) is 20.2. The number of aryl methyl sites for hydroxylation is 2. The summed E-state index contributed by atoms with van der Waals surface area (Å²) in [5, 5.41) is 10.6. The standard InChI is InChI=1S/C20H27NO5S/c1-14-10-18(26-5)19(11-15(14)2)27(23,24)21-13-20(3,22)12-16-6-8-17(25-4)9-7-16/h6-11,21-22H,12-13H2,1-5H3. The van der Waals surface area contributed by atoms with Gasteiger partial charge in [0.05, 0.1) is 19.8 Å². The van der Waals surface area contributed by atoms with Crippen LogP contribution in [0, 0.1) is 13.8 Å². The number of sulfonamides is 1. The zero-order valence-corrected chi connectivity index (χ0v) is 17.2. The van der Waals surface area contributed by atoms with Gasteiger partial charge in [0.2, 0.25) is 10.0 Å². The number of nitrogens with one attached hydrogen (secondary N) is 1. The van der Waals surface area contributed by atoms with Crippen molar-refractivity contribution in [2.75, 3.05) is 20.8 Å². The molecule has 2 rings (SSSR count). The monoisotopic (exact) mass is 393 g/mol. The minimum Gasteiger partial charge on any atom is -0.497 e. The van der Waals surface area contributed by atoms with E-state index in [-0.39, 0.29) is 17.2 Å². The van der Waals surface area contributed by atoms with Gasteiger partial charge in [0.25, 0.3) is 0 Å². The second-order valence-electron chi connectivity index (χ2n) is 6.93. The summed E-state index contributed by atoms with van der Waals surface area (Å²) >= 11 is 0. The van der Waals surface area contributed by atoms with Crippen molar-refractivity contribution in [3.63, 3.8) is 0 Å². The molecule has 2 aromatic carbocycles. The summed E-state index contributed by atoms with van der Waals surface area (Å²) in [5.41, 5.74) is 1.41. The maximum Gasteiger partial charge on any atom is 0.244 e. The third-order valence-corrected chi connectivity index (χ3v) is 5.88. The maximum atomic E-state index is 12.7. The fourth-order valence-electron chi connectivity index (χ4n) is 2.71. The number of rotatable bonds is 8. The lowest BCUT2D eigenvalue weighted by atomic mass is 9.97. The van der Waals surface area contributed by atoms with E-state index in [1.54, 1.807) is 38.3 Å². The summed E-state index contributed by atoms with van der Waals surface area (Å²) in [7, 11) is -0.816. The molecule has 6 nitrogen and oxygen atoms in total. The van der Waals surface area contributed by atoms with Crippen molar-refractivity contribution in [1.29, 1.82) is 0 Å². The van der Waals surface area contributed by atoms with Gasteiger partial charge in [-0.1, -0.05) is 12.1 Å². The van der Waals surface area contributed by atoms with Crippen LogP contribution in [-0.4, -0.2) is 39.9 Å². The number of hydrogen-bond acceptors (Lipinski definition) is 5. The van der Waals surface area contributed by atoms with E-state index in [1.807, 2.05) is 26.0 Å². The topological polar surface area (TPSA) is 84.9 Å². The van der Waals surface area contributed by atoms with Crippen molar-refractivity contribution in [1.82, 2.24) is 4.72 Å². The van der Waals surface area contributed by atoms with Crippen LogP contribution in [0.25, 0.3) is 0 Å². The van der Waals surface area contributed by atoms with Crippen molar-refractivity contribution in [3.8, 4) is 11.5 Å². The first-order valence-electron chi connectivity index (χ1n) is 8.58. The Morgan fingerprint density at radius 2 is 1.63 bits per heavy atom. The van der Waals surface area contributed by atoms with Crippen LogP contribution in [0.4, 0.5) is 0 Å². The van der Waals surface area contributed by atoms with Gasteiger partial charge in [-0.05, 0) is 61.7 Å². The molecule has 0 heterocycles. The molecule has 0 bridgehead atoms. The highest BCUT2D eigenvalue weighted by Crippen LogP contribution is 2.27. The minimum atomic E-state index is -3.83. The molecular weight excluding hydrogens is 366 g/mol. The molecule has 1 unspecified atom stereocenters. The summed E-state index contributed by atoms with van der Waals surface area (Å²) in [5.74, 6) is 1.00. The highest BCUT2D eigenvalue weighted by atomic mass is 32.2. The van der Waals surface area contributed by atoms with E-state index in [4.69, 9.17) is 9.47 Å². The van der Waals surface area contributed by atoms with Gasteiger partial charge in [-0.15, -0.1) is 0 Å². The molecule has 0 aromatic heterocycles. The molecule has 27 heavy (non-hydrogen) atoms. The lowest BCUT2D eigenvalue weighted by Crippen LogP contribution is -2.42. The predicted molar refractivity (Wildman–Crippen MR) is 105 cm³/mol. The molecule has 2 N–H and O–H groups in total.